The van der Waals surface area contributed by atoms with Crippen LogP contribution in [0.25, 0.3) is 0 Å². The van der Waals surface area contributed by atoms with Gasteiger partial charge in [0.05, 0.1) is 5.92 Å². The Morgan fingerprint density at radius 1 is 1.39 bits per heavy atom. The molecule has 0 saturated carbocycles. The summed E-state index contributed by atoms with van der Waals surface area (Å²) in [5.41, 5.74) is 0. The van der Waals surface area contributed by atoms with E-state index in [1.54, 1.807) is 0 Å². The summed E-state index contributed by atoms with van der Waals surface area (Å²) in [5, 5.41) is 6.41. The highest BCUT2D eigenvalue weighted by Crippen LogP contribution is 2.19. The Labute approximate surface area is 150 Å². The van der Waals surface area contributed by atoms with Gasteiger partial charge in [-0.1, -0.05) is 13.3 Å². The second kappa shape index (κ2) is 11.2. The molecule has 2 N–H and O–H groups in total. The predicted molar refractivity (Wildman–Crippen MR) is 98.2 cm³/mol. The molecule has 2 aliphatic heterocycles. The van der Waals surface area contributed by atoms with Gasteiger partial charge in [-0.3, -0.25) is 9.59 Å². The highest BCUT2D eigenvalue weighted by Gasteiger charge is 2.29. The van der Waals surface area contributed by atoms with Gasteiger partial charge in [-0.15, -0.1) is 12.4 Å². The molecular formula is C16H30ClN3O2S. The Bertz CT molecular complexity index is 378. The number of piperidine rings is 1. The van der Waals surface area contributed by atoms with Gasteiger partial charge in [0, 0.05) is 50.1 Å². The third-order valence-corrected chi connectivity index (χ3v) is 5.52. The number of nitrogens with zero attached hydrogens (tertiary/aromatic N) is 1. The van der Waals surface area contributed by atoms with Crippen molar-refractivity contribution in [1.29, 1.82) is 0 Å². The van der Waals surface area contributed by atoms with Gasteiger partial charge >= 0.3 is 0 Å². The molecule has 5 nitrogen and oxygen atoms in total. The van der Waals surface area contributed by atoms with Crippen LogP contribution in [0.2, 0.25) is 0 Å². The molecule has 0 radical (unpaired) electrons. The van der Waals surface area contributed by atoms with Crippen LogP contribution < -0.4 is 10.6 Å². The first-order chi connectivity index (χ1) is 10.7. The lowest BCUT2D eigenvalue weighted by Gasteiger charge is -2.33. The molecule has 2 aliphatic rings. The molecular weight excluding hydrogens is 334 g/mol. The summed E-state index contributed by atoms with van der Waals surface area (Å²) in [4.78, 5) is 26.5. The third kappa shape index (κ3) is 6.89. The maximum absolute atomic E-state index is 12.4. The number of thioether (sulfide) groups is 1. The summed E-state index contributed by atoms with van der Waals surface area (Å²) in [5.74, 6) is 2.45. The van der Waals surface area contributed by atoms with Crippen LogP contribution in [0.5, 0.6) is 0 Å². The van der Waals surface area contributed by atoms with Gasteiger partial charge in [-0.2, -0.15) is 11.8 Å². The molecule has 2 rings (SSSR count). The number of unbranched alkanes of at least 4 members (excludes halogenated alkanes) is 1. The minimum absolute atomic E-state index is 0. The molecule has 0 spiro atoms. The zero-order valence-corrected chi connectivity index (χ0v) is 15.6. The summed E-state index contributed by atoms with van der Waals surface area (Å²) < 4.78 is 0. The van der Waals surface area contributed by atoms with Crippen LogP contribution in [0.3, 0.4) is 0 Å². The second-order valence-electron chi connectivity index (χ2n) is 6.25. The van der Waals surface area contributed by atoms with Crippen LogP contribution in [0.15, 0.2) is 0 Å². The van der Waals surface area contributed by atoms with Crippen molar-refractivity contribution >= 4 is 36.0 Å². The number of hydrogen-bond donors (Lipinski definition) is 2. The lowest BCUT2D eigenvalue weighted by molar-refractivity contribution is -0.136. The molecule has 7 heteroatoms. The van der Waals surface area contributed by atoms with Crippen molar-refractivity contribution in [2.75, 3.05) is 37.7 Å². The minimum Gasteiger partial charge on any atom is -0.356 e. The Morgan fingerprint density at radius 3 is 2.91 bits per heavy atom. The van der Waals surface area contributed by atoms with E-state index in [-0.39, 0.29) is 30.1 Å². The van der Waals surface area contributed by atoms with E-state index in [9.17, 15) is 9.59 Å². The lowest BCUT2D eigenvalue weighted by Crippen LogP contribution is -2.48. The molecule has 0 aromatic carbocycles. The number of likely N-dealkylation sites (tertiary alicyclic amines) is 1. The van der Waals surface area contributed by atoms with Gasteiger partial charge in [0.25, 0.3) is 0 Å². The molecule has 2 unspecified atom stereocenters. The maximum Gasteiger partial charge on any atom is 0.224 e. The lowest BCUT2D eigenvalue weighted by atomic mass is 9.96. The van der Waals surface area contributed by atoms with Crippen molar-refractivity contribution in [2.24, 2.45) is 5.92 Å². The number of rotatable bonds is 6. The van der Waals surface area contributed by atoms with E-state index in [0.717, 1.165) is 56.8 Å². The van der Waals surface area contributed by atoms with Crippen molar-refractivity contribution < 1.29 is 9.59 Å². The van der Waals surface area contributed by atoms with E-state index in [1.165, 1.54) is 0 Å². The summed E-state index contributed by atoms with van der Waals surface area (Å²) >= 11 is 1.91. The predicted octanol–water partition coefficient (Wildman–Crippen LogP) is 1.66. The fourth-order valence-electron chi connectivity index (χ4n) is 3.04. The molecule has 2 heterocycles. The molecule has 134 valence electrons. The number of nitrogens with one attached hydrogen (secondary N) is 2. The normalized spacial score (nSPS) is 24.7. The Balaban J connectivity index is 0.00000264. The molecule has 2 saturated heterocycles. The van der Waals surface area contributed by atoms with Crippen LogP contribution in [-0.4, -0.2) is 60.4 Å². The molecule has 2 amide bonds. The Morgan fingerprint density at radius 2 is 2.22 bits per heavy atom. The summed E-state index contributed by atoms with van der Waals surface area (Å²) in [6.07, 6.45) is 4.51. The van der Waals surface area contributed by atoms with Gasteiger partial charge in [-0.25, -0.2) is 0 Å². The molecule has 2 fully saturated rings. The number of hydrogen-bond acceptors (Lipinski definition) is 4. The van der Waals surface area contributed by atoms with Crippen LogP contribution in [-0.2, 0) is 9.59 Å². The standard InChI is InChI=1S/C16H29N3O2S.ClH/c1-2-3-6-18-16(21)13-5-4-8-19(11-13)15(20)10-14-12-22-9-7-17-14;/h13-14,17H,2-12H2,1H3,(H,18,21);1H. The second-order valence-corrected chi connectivity index (χ2v) is 7.40. The van der Waals surface area contributed by atoms with Crippen LogP contribution in [0, 0.1) is 5.92 Å². The minimum atomic E-state index is -0.0248. The van der Waals surface area contributed by atoms with Crippen molar-refractivity contribution in [1.82, 2.24) is 15.5 Å². The summed E-state index contributed by atoms with van der Waals surface area (Å²) in [6, 6.07) is 0.296. The molecule has 0 aromatic rings. The molecule has 0 aliphatic carbocycles. The van der Waals surface area contributed by atoms with E-state index < -0.39 is 0 Å². The van der Waals surface area contributed by atoms with Crippen molar-refractivity contribution in [3.8, 4) is 0 Å². The summed E-state index contributed by atoms with van der Waals surface area (Å²) in [7, 11) is 0. The highest BCUT2D eigenvalue weighted by atomic mass is 35.5. The van der Waals surface area contributed by atoms with Gasteiger partial charge in [0.1, 0.15) is 0 Å². The van der Waals surface area contributed by atoms with Crippen LogP contribution >= 0.6 is 24.2 Å². The molecule has 0 bridgehead atoms. The summed E-state index contributed by atoms with van der Waals surface area (Å²) in [6.45, 7) is 5.26. The average Bonchev–Trinajstić information content (AvgIpc) is 2.56. The van der Waals surface area contributed by atoms with E-state index in [4.69, 9.17) is 0 Å². The molecule has 0 aromatic heterocycles. The van der Waals surface area contributed by atoms with Gasteiger partial charge in [0.2, 0.25) is 11.8 Å². The van der Waals surface area contributed by atoms with Crippen LogP contribution in [0.4, 0.5) is 0 Å². The van der Waals surface area contributed by atoms with Gasteiger partial charge < -0.3 is 15.5 Å². The Kier molecular flexibility index (Phi) is 9.99. The fraction of sp³-hybridized carbons (Fsp3) is 0.875. The maximum atomic E-state index is 12.4. The topological polar surface area (TPSA) is 61.4 Å². The van der Waals surface area contributed by atoms with E-state index in [0.29, 0.717) is 19.0 Å². The Hall–Kier alpha value is -0.460. The quantitative estimate of drug-likeness (QED) is 0.704. The van der Waals surface area contributed by atoms with E-state index in [2.05, 4.69) is 17.6 Å². The van der Waals surface area contributed by atoms with Gasteiger partial charge in [0.15, 0.2) is 0 Å². The first kappa shape index (κ1) is 20.6. The zero-order valence-electron chi connectivity index (χ0n) is 14.0. The average molecular weight is 364 g/mol. The molecule has 2 atom stereocenters. The highest BCUT2D eigenvalue weighted by molar-refractivity contribution is 7.99. The third-order valence-electron chi connectivity index (χ3n) is 4.39. The monoisotopic (exact) mass is 363 g/mol. The fourth-order valence-corrected chi connectivity index (χ4v) is 3.99. The smallest absolute Gasteiger partial charge is 0.224 e. The van der Waals surface area contributed by atoms with E-state index in [1.807, 2.05) is 16.7 Å². The van der Waals surface area contributed by atoms with Crippen LogP contribution in [0.1, 0.15) is 39.0 Å². The largest absolute Gasteiger partial charge is 0.356 e. The number of halogens is 1. The zero-order chi connectivity index (χ0) is 15.8. The number of carbonyl (C=O) groups excluding carboxylic acids is 2. The van der Waals surface area contributed by atoms with Crippen molar-refractivity contribution in [3.63, 3.8) is 0 Å². The van der Waals surface area contributed by atoms with Crippen molar-refractivity contribution in [3.05, 3.63) is 0 Å². The van der Waals surface area contributed by atoms with Crippen molar-refractivity contribution in [2.45, 2.75) is 45.1 Å². The first-order valence-corrected chi connectivity index (χ1v) is 9.72. The van der Waals surface area contributed by atoms with Gasteiger partial charge in [-0.05, 0) is 19.3 Å². The van der Waals surface area contributed by atoms with E-state index >= 15 is 0 Å². The number of carbonyl (C=O) groups is 2. The SMILES string of the molecule is CCCCNC(=O)C1CCCN(C(=O)CC2CSCCN2)C1.Cl. The molecule has 23 heavy (non-hydrogen) atoms. The number of amides is 2. The first-order valence-electron chi connectivity index (χ1n) is 8.57.